The van der Waals surface area contributed by atoms with Gasteiger partial charge in [0.1, 0.15) is 5.60 Å². The van der Waals surface area contributed by atoms with Gasteiger partial charge in [-0.3, -0.25) is 0 Å². The molecular weight excluding hydrogens is 376 g/mol. The zero-order valence-corrected chi connectivity index (χ0v) is 15.2. The van der Waals surface area contributed by atoms with Crippen molar-refractivity contribution in [3.8, 4) is 0 Å². The Morgan fingerprint density at radius 3 is 2.38 bits per heavy atom. The van der Waals surface area contributed by atoms with Crippen LogP contribution in [0.4, 0.5) is 10.5 Å². The minimum Gasteiger partial charge on any atom is -0.465 e. The second-order valence-electron chi connectivity index (χ2n) is 5.75. The second-order valence-corrected chi connectivity index (χ2v) is 6.67. The number of hydrogen-bond donors (Lipinski definition) is 0. The highest BCUT2D eigenvalue weighted by Gasteiger charge is 2.27. The van der Waals surface area contributed by atoms with E-state index < -0.39 is 49.3 Å². The number of amides is 1. The molecule has 7 heteroatoms. The zero-order valence-electron chi connectivity index (χ0n) is 21.6. The average molecular weight is 407 g/mol. The number of hydrogen-bond acceptors (Lipinski definition) is 5. The number of rotatable bonds is 2. The summed E-state index contributed by atoms with van der Waals surface area (Å²) in [5.41, 5.74) is -2.00. The van der Waals surface area contributed by atoms with Gasteiger partial charge in [-0.15, -0.1) is 0 Å². The van der Waals surface area contributed by atoms with Crippen molar-refractivity contribution >= 4 is 33.7 Å². The third-order valence-electron chi connectivity index (χ3n) is 2.73. The van der Waals surface area contributed by atoms with Gasteiger partial charge in [-0.2, -0.15) is 0 Å². The zero-order chi connectivity index (χ0) is 25.1. The summed E-state index contributed by atoms with van der Waals surface area (Å²) in [5.74, 6) is -0.983. The van der Waals surface area contributed by atoms with Crippen LogP contribution in [0.2, 0.25) is 0 Å². The lowest BCUT2D eigenvalue weighted by molar-refractivity contribution is 0.0240. The molecule has 132 valence electrons. The lowest BCUT2D eigenvalue weighted by Gasteiger charge is -2.37. The number of nitrogens with zero attached hydrogens (tertiary/aromatic N) is 2. The Labute approximate surface area is 162 Å². The number of benzene rings is 1. The van der Waals surface area contributed by atoms with Crippen molar-refractivity contribution in [2.75, 3.05) is 38.0 Å². The fourth-order valence-corrected chi connectivity index (χ4v) is 2.11. The van der Waals surface area contributed by atoms with Gasteiger partial charge in [0.25, 0.3) is 0 Å². The Balaban J connectivity index is 2.82. The van der Waals surface area contributed by atoms with E-state index in [1.807, 2.05) is 0 Å². The van der Waals surface area contributed by atoms with Gasteiger partial charge in [-0.05, 0) is 39.0 Å². The first kappa shape index (κ1) is 10.3. The molecule has 1 heterocycles. The van der Waals surface area contributed by atoms with Crippen molar-refractivity contribution in [1.29, 1.82) is 0 Å². The largest absolute Gasteiger partial charge is 0.465 e. The van der Waals surface area contributed by atoms with Crippen LogP contribution in [-0.4, -0.2) is 55.7 Å². The van der Waals surface area contributed by atoms with Crippen LogP contribution in [0.25, 0.3) is 0 Å². The van der Waals surface area contributed by atoms with Crippen LogP contribution in [0.5, 0.6) is 0 Å². The maximum Gasteiger partial charge on any atom is 0.410 e. The monoisotopic (exact) mass is 406 g/mol. The fourth-order valence-electron chi connectivity index (χ4n) is 1.75. The minimum atomic E-state index is -3.44. The van der Waals surface area contributed by atoms with Gasteiger partial charge >= 0.3 is 12.1 Å². The number of anilines is 1. The summed E-state index contributed by atoms with van der Waals surface area (Å²) in [7, 11) is 1.05. The number of piperazine rings is 1. The molecule has 0 bridgehead atoms. The summed E-state index contributed by atoms with van der Waals surface area (Å²) in [6, 6.07) is 3.68. The van der Waals surface area contributed by atoms with Crippen LogP contribution in [-0.2, 0) is 9.47 Å². The third-order valence-corrected chi connectivity index (χ3v) is 3.22. The first-order chi connectivity index (χ1) is 14.2. The number of esters is 1. The maximum atomic E-state index is 12.7. The summed E-state index contributed by atoms with van der Waals surface area (Å²) in [4.78, 5) is 25.0. The predicted octanol–water partition coefficient (Wildman–Crippen LogP) is 3.29. The van der Waals surface area contributed by atoms with Crippen molar-refractivity contribution in [3.63, 3.8) is 0 Å². The highest BCUT2D eigenvalue weighted by atomic mass is 79.9. The molecule has 0 saturated carbocycles. The van der Waals surface area contributed by atoms with E-state index in [9.17, 15) is 9.59 Å². The van der Waals surface area contributed by atoms with Crippen molar-refractivity contribution in [2.45, 2.75) is 26.4 Å². The van der Waals surface area contributed by atoms with E-state index in [-0.39, 0.29) is 15.4 Å². The smallest absolute Gasteiger partial charge is 0.410 e. The van der Waals surface area contributed by atoms with Crippen molar-refractivity contribution < 1.29 is 30.0 Å². The van der Waals surface area contributed by atoms with E-state index in [0.29, 0.717) is 4.47 Å². The molecule has 1 aromatic rings. The molecule has 1 aromatic carbocycles. The Bertz CT molecular complexity index is 908. The summed E-state index contributed by atoms with van der Waals surface area (Å²) < 4.78 is 77.3. The van der Waals surface area contributed by atoms with E-state index in [2.05, 4.69) is 20.7 Å². The summed E-state index contributed by atoms with van der Waals surface area (Å²) in [5, 5.41) is 0. The minimum absolute atomic E-state index is 0.180. The van der Waals surface area contributed by atoms with Gasteiger partial charge < -0.3 is 19.3 Å². The molecular formula is C17H23BrN2O4. The molecule has 0 atom stereocenters. The Hall–Kier alpha value is -1.76. The van der Waals surface area contributed by atoms with Crippen molar-refractivity contribution in [3.05, 3.63) is 28.2 Å². The average Bonchev–Trinajstić information content (AvgIpc) is 2.58. The van der Waals surface area contributed by atoms with Gasteiger partial charge in [0.2, 0.25) is 0 Å². The summed E-state index contributed by atoms with van der Waals surface area (Å²) in [6.07, 6.45) is -1.58. The standard InChI is InChI=1S/C17H23BrN2O4/c1-17(2,3)24-16(22)20-9-7-19(8-10-20)14-6-5-12(18)11-13(14)15(21)23-4/h5-6,11H,7-10H2,1-4H3/i7D2,8D2,9D2,10D2. The number of halogens is 1. The predicted molar refractivity (Wildman–Crippen MR) is 95.5 cm³/mol. The Morgan fingerprint density at radius 2 is 1.83 bits per heavy atom. The van der Waals surface area contributed by atoms with E-state index in [1.54, 1.807) is 0 Å². The maximum absolute atomic E-state index is 12.7. The van der Waals surface area contributed by atoms with Gasteiger partial charge in [-0.1, -0.05) is 15.9 Å². The Morgan fingerprint density at radius 1 is 1.21 bits per heavy atom. The topological polar surface area (TPSA) is 59.1 Å². The van der Waals surface area contributed by atoms with Crippen LogP contribution >= 0.6 is 15.9 Å². The van der Waals surface area contributed by atoms with Crippen LogP contribution in [0, 0.1) is 0 Å². The SMILES string of the molecule is [2H]C1([2H])N(C(=O)OC(C)(C)C)C([2H])([2H])C([2H])([2H])N(c2ccc(Br)cc2C(=O)OC)C1([2H])[2H]. The van der Waals surface area contributed by atoms with E-state index in [1.165, 1.54) is 32.9 Å². The normalized spacial score (nSPS) is 28.5. The highest BCUT2D eigenvalue weighted by molar-refractivity contribution is 9.10. The summed E-state index contributed by atoms with van der Waals surface area (Å²) in [6.45, 7) is -9.28. The fraction of sp³-hybridized carbons (Fsp3) is 0.529. The van der Waals surface area contributed by atoms with E-state index >= 15 is 0 Å². The molecule has 1 fully saturated rings. The lowest BCUT2D eigenvalue weighted by Crippen LogP contribution is -2.50. The van der Waals surface area contributed by atoms with Gasteiger partial charge in [0.05, 0.1) is 29.3 Å². The number of carbonyl (C=O) groups is 2. The van der Waals surface area contributed by atoms with Crippen LogP contribution in [0.1, 0.15) is 42.1 Å². The first-order valence-electron chi connectivity index (χ1n) is 10.9. The molecule has 0 spiro atoms. The summed E-state index contributed by atoms with van der Waals surface area (Å²) >= 11 is 3.14. The molecule has 1 amide bonds. The quantitative estimate of drug-likeness (QED) is 0.705. The molecule has 24 heavy (non-hydrogen) atoms. The molecule has 6 nitrogen and oxygen atoms in total. The van der Waals surface area contributed by atoms with Crippen LogP contribution in [0.3, 0.4) is 0 Å². The van der Waals surface area contributed by atoms with Crippen LogP contribution in [0.15, 0.2) is 22.7 Å². The van der Waals surface area contributed by atoms with Gasteiger partial charge in [-0.25, -0.2) is 9.59 Å². The molecule has 1 aliphatic heterocycles. The van der Waals surface area contributed by atoms with E-state index in [4.69, 9.17) is 15.7 Å². The first-order valence-corrected chi connectivity index (χ1v) is 7.74. The molecule has 2 rings (SSSR count). The van der Waals surface area contributed by atoms with Gasteiger partial charge in [0, 0.05) is 30.5 Å². The second kappa shape index (κ2) is 7.42. The highest BCUT2D eigenvalue weighted by Crippen LogP contribution is 2.26. The molecule has 1 aliphatic rings. The molecule has 1 saturated heterocycles. The third kappa shape index (κ3) is 4.63. The molecule has 0 aromatic heterocycles. The van der Waals surface area contributed by atoms with Crippen molar-refractivity contribution in [2.24, 2.45) is 0 Å². The number of ether oxygens (including phenoxy) is 2. The van der Waals surface area contributed by atoms with E-state index in [0.717, 1.165) is 13.2 Å². The molecule has 0 unspecified atom stereocenters. The lowest BCUT2D eigenvalue weighted by atomic mass is 10.1. The van der Waals surface area contributed by atoms with Crippen LogP contribution < -0.4 is 4.90 Å². The molecule has 0 radical (unpaired) electrons. The number of methoxy groups -OCH3 is 1. The van der Waals surface area contributed by atoms with Gasteiger partial charge in [0.15, 0.2) is 0 Å². The van der Waals surface area contributed by atoms with Crippen molar-refractivity contribution in [1.82, 2.24) is 4.90 Å². The molecule has 0 N–H and O–H groups in total. The molecule has 0 aliphatic carbocycles. The number of carbonyl (C=O) groups excluding carboxylic acids is 2. The Kier molecular flexibility index (Phi) is 3.18.